The maximum absolute atomic E-state index is 6.81. The summed E-state index contributed by atoms with van der Waals surface area (Å²) in [6.45, 7) is 15.8. The van der Waals surface area contributed by atoms with Gasteiger partial charge in [-0.15, -0.1) is 48.1 Å². The van der Waals surface area contributed by atoms with Crippen LogP contribution in [0.5, 0.6) is 11.5 Å². The van der Waals surface area contributed by atoms with E-state index in [9.17, 15) is 0 Å². The predicted molar refractivity (Wildman–Crippen MR) is 303 cm³/mol. The summed E-state index contributed by atoms with van der Waals surface area (Å²) in [5, 5.41) is 2.18. The summed E-state index contributed by atoms with van der Waals surface area (Å²) in [5.74, 6) is 1.98. The van der Waals surface area contributed by atoms with Gasteiger partial charge in [-0.05, 0) is 79.4 Å². The minimum atomic E-state index is -0.156. The second-order valence-electron chi connectivity index (χ2n) is 21.0. The van der Waals surface area contributed by atoms with Gasteiger partial charge in [0.05, 0.1) is 0 Å². The molecule has 0 spiro atoms. The summed E-state index contributed by atoms with van der Waals surface area (Å²) in [6, 6.07) is 82.7. The molecule has 0 saturated carbocycles. The molecule has 11 aromatic rings. The van der Waals surface area contributed by atoms with Crippen molar-refractivity contribution in [3.05, 3.63) is 248 Å². The summed E-state index contributed by atoms with van der Waals surface area (Å²) in [7, 11) is 0. The molecule has 0 unspecified atom stereocenters. The predicted octanol–water partition coefficient (Wildman–Crippen LogP) is 18.2. The molecule has 0 amide bonds. The number of nitrogens with zero attached hydrogens (tertiary/aromatic N) is 4. The Morgan fingerprint density at radius 1 is 0.459 bits per heavy atom. The van der Waals surface area contributed by atoms with E-state index in [-0.39, 0.29) is 31.9 Å². The molecule has 0 bridgehead atoms. The normalized spacial score (nSPS) is 12.5. The van der Waals surface area contributed by atoms with Gasteiger partial charge in [0.15, 0.2) is 0 Å². The van der Waals surface area contributed by atoms with E-state index >= 15 is 0 Å². The average Bonchev–Trinajstić information content (AvgIpc) is 3.97. The first-order valence-corrected chi connectivity index (χ1v) is 25.1. The van der Waals surface area contributed by atoms with E-state index in [1.54, 1.807) is 0 Å². The van der Waals surface area contributed by atoms with Crippen molar-refractivity contribution in [2.24, 2.45) is 0 Å². The third kappa shape index (κ3) is 9.01. The standard InChI is InChI=1S/C68H55N4O.Pt/c1-67(2,3)51-35-32-49(33-36-51)56-29-19-28-55(47-22-12-8-13-23-47)66(56)71-45-70(62-30-16-17-31-63(62)71)52-26-18-27-53(41-52)73-54-37-38-57-58-40-50(46-20-10-7-11-21-46)34-39-61(58)72(64(57)42-54)65-43-60(68(4,5)6)59(44-69-65)48-24-14-9-15-25-48;/h7-40,43-45H,1-6H3;/q-3;. The molecule has 1 aliphatic heterocycles. The molecule has 12 rings (SSSR count). The van der Waals surface area contributed by atoms with Gasteiger partial charge >= 0.3 is 0 Å². The number of anilines is 4. The van der Waals surface area contributed by atoms with Crippen LogP contribution in [0.25, 0.3) is 72.1 Å². The molecule has 0 aliphatic carbocycles. The van der Waals surface area contributed by atoms with Crippen molar-refractivity contribution >= 4 is 44.6 Å². The smallest absolute Gasteiger partial charge is 0.135 e. The molecule has 6 heteroatoms. The van der Waals surface area contributed by atoms with Crippen LogP contribution in [-0.2, 0) is 31.9 Å². The molecule has 2 aromatic heterocycles. The van der Waals surface area contributed by atoms with E-state index in [2.05, 4.69) is 269 Å². The van der Waals surface area contributed by atoms with Gasteiger partial charge in [-0.25, -0.2) is 4.98 Å². The molecule has 1 aliphatic rings. The Hall–Kier alpha value is -7.98. The number of hydrogen-bond acceptors (Lipinski definition) is 4. The second kappa shape index (κ2) is 19.5. The van der Waals surface area contributed by atoms with Crippen molar-refractivity contribution in [1.29, 1.82) is 0 Å². The molecule has 0 fully saturated rings. The average molecular weight is 1140 g/mol. The number of para-hydroxylation sites is 3. The third-order valence-electron chi connectivity index (χ3n) is 14.1. The van der Waals surface area contributed by atoms with Crippen LogP contribution in [0.15, 0.2) is 219 Å². The largest absolute Gasteiger partial charge is 0.509 e. The monoisotopic (exact) mass is 1140 g/mol. The fourth-order valence-electron chi connectivity index (χ4n) is 10.3. The first-order valence-electron chi connectivity index (χ1n) is 25.1. The molecule has 5 nitrogen and oxygen atoms in total. The molecule has 9 aromatic carbocycles. The van der Waals surface area contributed by atoms with E-state index in [0.717, 1.165) is 94.9 Å². The Bertz CT molecular complexity index is 3820. The zero-order chi connectivity index (χ0) is 49.8. The number of rotatable bonds is 9. The van der Waals surface area contributed by atoms with E-state index < -0.39 is 0 Å². The maximum Gasteiger partial charge on any atom is 0.135 e. The van der Waals surface area contributed by atoms with E-state index in [1.165, 1.54) is 11.1 Å². The van der Waals surface area contributed by atoms with Crippen molar-refractivity contribution in [3.8, 4) is 61.8 Å². The minimum absolute atomic E-state index is 0. The maximum atomic E-state index is 6.81. The summed E-state index contributed by atoms with van der Waals surface area (Å²) in [5.41, 5.74) is 17.6. The Labute approximate surface area is 449 Å². The second-order valence-corrected chi connectivity index (χ2v) is 21.0. The topological polar surface area (TPSA) is 33.5 Å². The van der Waals surface area contributed by atoms with Gasteiger partial charge in [-0.2, -0.15) is 12.1 Å². The van der Waals surface area contributed by atoms with Crippen molar-refractivity contribution in [1.82, 2.24) is 9.55 Å². The Morgan fingerprint density at radius 2 is 1.03 bits per heavy atom. The summed E-state index contributed by atoms with van der Waals surface area (Å²) in [4.78, 5) is 9.75. The van der Waals surface area contributed by atoms with Crippen LogP contribution in [0.2, 0.25) is 0 Å². The van der Waals surface area contributed by atoms with Crippen molar-refractivity contribution in [3.63, 3.8) is 0 Å². The molecule has 0 radical (unpaired) electrons. The van der Waals surface area contributed by atoms with Gasteiger partial charge in [-0.1, -0.05) is 205 Å². The quantitative estimate of drug-likeness (QED) is 0.135. The van der Waals surface area contributed by atoms with Gasteiger partial charge in [0, 0.05) is 78.0 Å². The zero-order valence-corrected chi connectivity index (χ0v) is 44.6. The van der Waals surface area contributed by atoms with Gasteiger partial charge in [0.2, 0.25) is 0 Å². The summed E-state index contributed by atoms with van der Waals surface area (Å²) in [6.07, 6.45) is 2.03. The Kier molecular flexibility index (Phi) is 12.7. The fourth-order valence-corrected chi connectivity index (χ4v) is 10.3. The van der Waals surface area contributed by atoms with Crippen molar-refractivity contribution in [2.45, 2.75) is 52.4 Å². The van der Waals surface area contributed by atoms with Crippen LogP contribution in [0.1, 0.15) is 52.7 Å². The fraction of sp³-hybridized carbons (Fsp3) is 0.118. The van der Waals surface area contributed by atoms with Gasteiger partial charge in [-0.3, -0.25) is 0 Å². The van der Waals surface area contributed by atoms with Crippen LogP contribution in [-0.4, -0.2) is 9.55 Å². The Balaban J connectivity index is 0.00000588. The van der Waals surface area contributed by atoms with E-state index in [1.807, 2.05) is 24.4 Å². The molecule has 3 heterocycles. The first kappa shape index (κ1) is 48.3. The van der Waals surface area contributed by atoms with Crippen LogP contribution >= 0.6 is 0 Å². The number of fused-ring (bicyclic) bond motifs is 4. The molecule has 0 N–H and O–H groups in total. The van der Waals surface area contributed by atoms with Crippen LogP contribution < -0.4 is 14.5 Å². The van der Waals surface area contributed by atoms with Gasteiger partial charge in [0.25, 0.3) is 0 Å². The zero-order valence-electron chi connectivity index (χ0n) is 42.4. The van der Waals surface area contributed by atoms with Crippen LogP contribution in [0, 0.1) is 18.8 Å². The van der Waals surface area contributed by atoms with E-state index in [4.69, 9.17) is 9.72 Å². The number of benzene rings is 9. The van der Waals surface area contributed by atoms with Gasteiger partial charge in [0.1, 0.15) is 5.82 Å². The van der Waals surface area contributed by atoms with Crippen LogP contribution in [0.3, 0.4) is 0 Å². The first-order chi connectivity index (χ1) is 35.5. The molecule has 0 atom stereocenters. The number of hydrogen-bond donors (Lipinski definition) is 0. The van der Waals surface area contributed by atoms with Gasteiger partial charge < -0.3 is 19.1 Å². The third-order valence-corrected chi connectivity index (χ3v) is 14.1. The molecule has 366 valence electrons. The molecule has 0 saturated heterocycles. The van der Waals surface area contributed by atoms with Crippen LogP contribution in [0.4, 0.5) is 22.7 Å². The molecule has 74 heavy (non-hydrogen) atoms. The van der Waals surface area contributed by atoms with Crippen molar-refractivity contribution < 1.29 is 25.8 Å². The van der Waals surface area contributed by atoms with Crippen molar-refractivity contribution in [2.75, 3.05) is 9.80 Å². The summed E-state index contributed by atoms with van der Waals surface area (Å²) >= 11 is 0. The molecular formula is C68H55N4OPt-3. The Morgan fingerprint density at radius 3 is 1.68 bits per heavy atom. The molecular weight excluding hydrogens is 1080 g/mol. The minimum Gasteiger partial charge on any atom is -0.509 e. The number of aromatic nitrogens is 2. The number of ether oxygens (including phenoxy) is 1. The number of pyridine rings is 1. The van der Waals surface area contributed by atoms with E-state index in [0.29, 0.717) is 11.5 Å². The summed E-state index contributed by atoms with van der Waals surface area (Å²) < 4.78 is 9.05. The SMILES string of the molecule is CC(C)(C)c1ccc(-c2cccc(-c3ccccc3)c2N2[CH-]N(c3[c-]c(Oc4[c-]c5c(cc4)c4cc(-c6ccccc6)ccc4n5-c4cc(C(C)(C)C)c(-c5ccccc5)cn4)ccc3)c3ccccc32)cc1.[Pt].